The van der Waals surface area contributed by atoms with Crippen molar-refractivity contribution >= 4 is 5.91 Å². The van der Waals surface area contributed by atoms with Crippen LogP contribution < -0.4 is 0 Å². The van der Waals surface area contributed by atoms with Gasteiger partial charge in [-0.2, -0.15) is 5.10 Å². The van der Waals surface area contributed by atoms with Crippen molar-refractivity contribution in [3.8, 4) is 12.3 Å². The molecule has 1 aliphatic rings. The van der Waals surface area contributed by atoms with Gasteiger partial charge in [-0.3, -0.25) is 14.4 Å². The van der Waals surface area contributed by atoms with Crippen LogP contribution in [0.3, 0.4) is 0 Å². The third-order valence-corrected chi connectivity index (χ3v) is 4.26. The Balaban J connectivity index is 1.71. The normalized spacial score (nSPS) is 13.7. The summed E-state index contributed by atoms with van der Waals surface area (Å²) in [4.78, 5) is 16.5. The number of carbonyl (C=O) groups excluding carboxylic acids is 1. The summed E-state index contributed by atoms with van der Waals surface area (Å²) in [7, 11) is 0. The second kappa shape index (κ2) is 7.82. The molecule has 1 aliphatic heterocycles. The molecule has 3 rings (SSSR count). The number of hydrogen-bond donors (Lipinski definition) is 0. The molecule has 128 valence electrons. The predicted molar refractivity (Wildman–Crippen MR) is 97.7 cm³/mol. The molecule has 0 fully saturated rings. The lowest BCUT2D eigenvalue weighted by Crippen LogP contribution is -2.33. The number of nitrogens with zero attached hydrogens (tertiary/aromatic N) is 4. The zero-order chi connectivity index (χ0) is 17.6. The Morgan fingerprint density at radius 3 is 2.88 bits per heavy atom. The maximum atomic E-state index is 12.6. The van der Waals surface area contributed by atoms with E-state index in [1.165, 1.54) is 5.56 Å². The average Bonchev–Trinajstić information content (AvgIpc) is 3.05. The van der Waals surface area contributed by atoms with Crippen molar-refractivity contribution in [2.45, 2.75) is 19.6 Å². The third-order valence-electron chi connectivity index (χ3n) is 4.26. The van der Waals surface area contributed by atoms with Crippen LogP contribution in [0.4, 0.5) is 0 Å². The van der Waals surface area contributed by atoms with Gasteiger partial charge in [0.05, 0.1) is 18.8 Å². The van der Waals surface area contributed by atoms with Gasteiger partial charge < -0.3 is 4.90 Å². The van der Waals surface area contributed by atoms with E-state index >= 15 is 0 Å². The molecule has 2 heterocycles. The second-order valence-corrected chi connectivity index (χ2v) is 6.12. The van der Waals surface area contributed by atoms with Gasteiger partial charge in [-0.15, -0.1) is 13.0 Å². The first-order chi connectivity index (χ1) is 12.2. The topological polar surface area (TPSA) is 41.4 Å². The number of terminal acetylenes is 1. The molecule has 25 heavy (non-hydrogen) atoms. The smallest absolute Gasteiger partial charge is 0.275 e. The standard InChI is InChI=1S/C20H22N4O/c1-3-10-23(11-4-2)20(25)19-14-18-16-22(12-13-24(18)21-19)15-17-8-6-5-7-9-17/h1,4-9,14H,2,10-13,15-16H2. The van der Waals surface area contributed by atoms with Gasteiger partial charge in [-0.1, -0.05) is 42.3 Å². The first-order valence-electron chi connectivity index (χ1n) is 8.38. The Labute approximate surface area is 148 Å². The summed E-state index contributed by atoms with van der Waals surface area (Å²) >= 11 is 0. The molecule has 0 radical (unpaired) electrons. The number of carbonyl (C=O) groups is 1. The van der Waals surface area contributed by atoms with Gasteiger partial charge >= 0.3 is 0 Å². The third kappa shape index (κ3) is 3.98. The van der Waals surface area contributed by atoms with Crippen LogP contribution in [0.25, 0.3) is 0 Å². The maximum Gasteiger partial charge on any atom is 0.275 e. The fourth-order valence-corrected chi connectivity index (χ4v) is 3.05. The summed E-state index contributed by atoms with van der Waals surface area (Å²) in [6.45, 7) is 7.74. The van der Waals surface area contributed by atoms with Crippen molar-refractivity contribution in [1.82, 2.24) is 19.6 Å². The first-order valence-corrected chi connectivity index (χ1v) is 8.38. The molecule has 1 amide bonds. The van der Waals surface area contributed by atoms with E-state index in [1.807, 2.05) is 16.8 Å². The molecule has 0 bridgehead atoms. The van der Waals surface area contributed by atoms with Crippen LogP contribution in [0.1, 0.15) is 21.7 Å². The van der Waals surface area contributed by atoms with E-state index < -0.39 is 0 Å². The van der Waals surface area contributed by atoms with Crippen molar-refractivity contribution in [3.63, 3.8) is 0 Å². The Morgan fingerprint density at radius 1 is 1.36 bits per heavy atom. The minimum atomic E-state index is -0.144. The molecule has 0 unspecified atom stereocenters. The first kappa shape index (κ1) is 17.0. The number of rotatable bonds is 6. The minimum Gasteiger partial charge on any atom is -0.322 e. The molecule has 0 N–H and O–H groups in total. The summed E-state index contributed by atoms with van der Waals surface area (Å²) in [5, 5.41) is 4.47. The average molecular weight is 334 g/mol. The van der Waals surface area contributed by atoms with Crippen molar-refractivity contribution in [2.24, 2.45) is 0 Å². The number of hydrogen-bond acceptors (Lipinski definition) is 3. The van der Waals surface area contributed by atoms with Crippen LogP contribution in [0.15, 0.2) is 49.1 Å². The van der Waals surface area contributed by atoms with Crippen LogP contribution >= 0.6 is 0 Å². The van der Waals surface area contributed by atoms with E-state index in [0.29, 0.717) is 12.2 Å². The lowest BCUT2D eigenvalue weighted by atomic mass is 10.2. The summed E-state index contributed by atoms with van der Waals surface area (Å²) in [5.41, 5.74) is 2.80. The van der Waals surface area contributed by atoms with Crippen molar-refractivity contribution in [2.75, 3.05) is 19.6 Å². The molecule has 0 saturated carbocycles. The largest absolute Gasteiger partial charge is 0.322 e. The zero-order valence-electron chi connectivity index (χ0n) is 14.3. The van der Waals surface area contributed by atoms with E-state index in [1.54, 1.807) is 11.0 Å². The predicted octanol–water partition coefficient (Wildman–Crippen LogP) is 2.16. The summed E-state index contributed by atoms with van der Waals surface area (Å²) < 4.78 is 1.93. The molecule has 0 atom stereocenters. The molecule has 1 aromatic heterocycles. The van der Waals surface area contributed by atoms with E-state index in [4.69, 9.17) is 6.42 Å². The highest BCUT2D eigenvalue weighted by Gasteiger charge is 2.23. The zero-order valence-corrected chi connectivity index (χ0v) is 14.3. The summed E-state index contributed by atoms with van der Waals surface area (Å²) in [5.74, 6) is 2.37. The number of benzene rings is 1. The lowest BCUT2D eigenvalue weighted by Gasteiger charge is -2.27. The van der Waals surface area contributed by atoms with Crippen molar-refractivity contribution in [3.05, 3.63) is 66.0 Å². The Morgan fingerprint density at radius 2 is 2.16 bits per heavy atom. The molecule has 5 heteroatoms. The van der Waals surface area contributed by atoms with Crippen LogP contribution in [0.2, 0.25) is 0 Å². The summed E-state index contributed by atoms with van der Waals surface area (Å²) in [6.07, 6.45) is 7.03. The van der Waals surface area contributed by atoms with Crippen LogP contribution in [0.5, 0.6) is 0 Å². The molecule has 0 aliphatic carbocycles. The van der Waals surface area contributed by atoms with Gasteiger partial charge in [0.25, 0.3) is 5.91 Å². The van der Waals surface area contributed by atoms with E-state index in [-0.39, 0.29) is 12.5 Å². The van der Waals surface area contributed by atoms with Gasteiger partial charge in [-0.05, 0) is 11.6 Å². The van der Waals surface area contributed by atoms with Gasteiger partial charge in [-0.25, -0.2) is 0 Å². The minimum absolute atomic E-state index is 0.144. The Bertz CT molecular complexity index is 788. The quantitative estimate of drug-likeness (QED) is 0.600. The van der Waals surface area contributed by atoms with Crippen molar-refractivity contribution < 1.29 is 4.79 Å². The number of fused-ring (bicyclic) bond motifs is 1. The second-order valence-electron chi connectivity index (χ2n) is 6.12. The molecule has 0 spiro atoms. The van der Waals surface area contributed by atoms with E-state index in [0.717, 1.165) is 31.9 Å². The molecule has 1 aromatic carbocycles. The van der Waals surface area contributed by atoms with Gasteiger partial charge in [0.15, 0.2) is 5.69 Å². The Hall–Kier alpha value is -2.84. The Kier molecular flexibility index (Phi) is 5.32. The van der Waals surface area contributed by atoms with Gasteiger partial charge in [0.2, 0.25) is 0 Å². The number of aromatic nitrogens is 2. The molecular weight excluding hydrogens is 312 g/mol. The highest BCUT2D eigenvalue weighted by atomic mass is 16.2. The van der Waals surface area contributed by atoms with E-state index in [2.05, 4.69) is 46.8 Å². The van der Waals surface area contributed by atoms with Gasteiger partial charge in [0, 0.05) is 26.2 Å². The summed E-state index contributed by atoms with van der Waals surface area (Å²) in [6, 6.07) is 12.3. The van der Waals surface area contributed by atoms with E-state index in [9.17, 15) is 4.79 Å². The molecule has 2 aromatic rings. The maximum absolute atomic E-state index is 12.6. The van der Waals surface area contributed by atoms with Crippen molar-refractivity contribution in [1.29, 1.82) is 0 Å². The SMILES string of the molecule is C#CCN(CC=C)C(=O)c1cc2n(n1)CCN(Cc1ccccc1)C2. The van der Waals surface area contributed by atoms with Gasteiger partial charge in [0.1, 0.15) is 0 Å². The molecule has 5 nitrogen and oxygen atoms in total. The monoisotopic (exact) mass is 334 g/mol. The number of amides is 1. The highest BCUT2D eigenvalue weighted by Crippen LogP contribution is 2.17. The highest BCUT2D eigenvalue weighted by molar-refractivity contribution is 5.92. The fourth-order valence-electron chi connectivity index (χ4n) is 3.05. The lowest BCUT2D eigenvalue weighted by molar-refractivity contribution is 0.0786. The fraction of sp³-hybridized carbons (Fsp3) is 0.300. The molecular formula is C20H22N4O. The van der Waals surface area contributed by atoms with Crippen LogP contribution in [-0.4, -0.2) is 45.1 Å². The molecule has 0 saturated heterocycles. The van der Waals surface area contributed by atoms with Crippen LogP contribution in [0, 0.1) is 12.3 Å². The van der Waals surface area contributed by atoms with Crippen LogP contribution in [-0.2, 0) is 19.6 Å².